The smallest absolute Gasteiger partial charge is 0.341 e. The highest BCUT2D eigenvalue weighted by atomic mass is 35.5. The van der Waals surface area contributed by atoms with Crippen LogP contribution in [0.25, 0.3) is 0 Å². The third kappa shape index (κ3) is 10.8. The third-order valence-corrected chi connectivity index (χ3v) is 6.71. The molecule has 0 aromatic heterocycles. The first-order chi connectivity index (χ1) is 18.5. The minimum atomic E-state index is -1.46. The van der Waals surface area contributed by atoms with Crippen LogP contribution in [-0.2, 0) is 19.1 Å². The van der Waals surface area contributed by atoms with E-state index in [4.69, 9.17) is 27.9 Å². The van der Waals surface area contributed by atoms with Crippen LogP contribution in [0.15, 0.2) is 48.5 Å². The number of rotatable bonds is 16. The Morgan fingerprint density at radius 1 is 0.872 bits per heavy atom. The highest BCUT2D eigenvalue weighted by molar-refractivity contribution is 6.39. The molecule has 0 saturated heterocycles. The summed E-state index contributed by atoms with van der Waals surface area (Å²) in [5.41, 5.74) is 0.328. The van der Waals surface area contributed by atoms with E-state index in [1.54, 1.807) is 30.3 Å². The molecule has 0 saturated carbocycles. The van der Waals surface area contributed by atoms with Gasteiger partial charge in [-0.05, 0) is 24.5 Å². The predicted octanol–water partition coefficient (Wildman–Crippen LogP) is 5.78. The van der Waals surface area contributed by atoms with Gasteiger partial charge in [0, 0.05) is 17.9 Å². The Hall–Kier alpha value is -3.23. The van der Waals surface area contributed by atoms with Gasteiger partial charge in [0.2, 0.25) is 5.91 Å². The summed E-state index contributed by atoms with van der Waals surface area (Å²) in [6, 6.07) is 11.5. The topological polar surface area (TPSA) is 127 Å². The van der Waals surface area contributed by atoms with E-state index < -0.39 is 48.6 Å². The molecule has 2 rings (SSSR count). The maximum Gasteiger partial charge on any atom is 0.341 e. The SMILES string of the molecule is CC(C)CCCCC(CC(=O)c1ccccc1)C(=O)N[C@@H](CC(=O)O)C(=O)COC(=O)c1c(Cl)cccc1Cl. The van der Waals surface area contributed by atoms with Crippen molar-refractivity contribution in [2.24, 2.45) is 11.8 Å². The number of carboxylic acids is 1. The molecule has 0 heterocycles. The Kier molecular flexibility index (Phi) is 13.1. The summed E-state index contributed by atoms with van der Waals surface area (Å²) in [5, 5.41) is 11.9. The fraction of sp³-hybridized carbons (Fsp3) is 0.414. The number of carbonyl (C=O) groups excluding carboxylic acids is 4. The Labute approximate surface area is 238 Å². The largest absolute Gasteiger partial charge is 0.481 e. The number of aliphatic carboxylic acids is 1. The Balaban J connectivity index is 2.12. The number of hydrogen-bond donors (Lipinski definition) is 2. The molecule has 2 aromatic carbocycles. The van der Waals surface area contributed by atoms with Crippen LogP contribution in [0.3, 0.4) is 0 Å². The van der Waals surface area contributed by atoms with Crippen LogP contribution in [0.2, 0.25) is 10.0 Å². The quantitative estimate of drug-likeness (QED) is 0.147. The van der Waals surface area contributed by atoms with E-state index in [1.165, 1.54) is 18.2 Å². The van der Waals surface area contributed by atoms with Gasteiger partial charge in [0.1, 0.15) is 6.04 Å². The van der Waals surface area contributed by atoms with Gasteiger partial charge >= 0.3 is 11.9 Å². The van der Waals surface area contributed by atoms with Gasteiger partial charge in [0.05, 0.1) is 22.0 Å². The van der Waals surface area contributed by atoms with Gasteiger partial charge in [-0.25, -0.2) is 4.79 Å². The van der Waals surface area contributed by atoms with Crippen molar-refractivity contribution in [3.63, 3.8) is 0 Å². The van der Waals surface area contributed by atoms with E-state index in [1.807, 2.05) is 0 Å². The van der Waals surface area contributed by atoms with Gasteiger partial charge in [0.15, 0.2) is 18.2 Å². The maximum absolute atomic E-state index is 13.2. The molecule has 39 heavy (non-hydrogen) atoms. The van der Waals surface area contributed by atoms with Crippen LogP contribution < -0.4 is 5.32 Å². The Morgan fingerprint density at radius 2 is 1.49 bits per heavy atom. The van der Waals surface area contributed by atoms with Crippen LogP contribution in [0.1, 0.15) is 73.1 Å². The standard InChI is InChI=1S/C29H33Cl2NO7/c1-18(2)9-6-7-12-20(15-24(33)19-10-4-3-5-11-19)28(37)32-23(16-26(35)36)25(34)17-39-29(38)27-21(30)13-8-14-22(27)31/h3-5,8,10-11,13-14,18,20,23H,6-7,9,12,15-17H2,1-2H3,(H,32,37)(H,35,36)/t20?,23-/m0/s1. The number of amides is 1. The lowest BCUT2D eigenvalue weighted by Crippen LogP contribution is -2.46. The molecule has 0 bridgehead atoms. The van der Waals surface area contributed by atoms with Crippen LogP contribution in [0, 0.1) is 11.8 Å². The summed E-state index contributed by atoms with van der Waals surface area (Å²) < 4.78 is 5.02. The molecule has 0 fully saturated rings. The summed E-state index contributed by atoms with van der Waals surface area (Å²) in [5.74, 6) is -4.23. The molecule has 0 aliphatic rings. The van der Waals surface area contributed by atoms with E-state index in [9.17, 15) is 29.1 Å². The monoisotopic (exact) mass is 577 g/mol. The molecular formula is C29H33Cl2NO7. The van der Waals surface area contributed by atoms with Gasteiger partial charge in [-0.2, -0.15) is 0 Å². The van der Waals surface area contributed by atoms with Gasteiger partial charge in [-0.15, -0.1) is 0 Å². The molecule has 0 aliphatic carbocycles. The average molecular weight is 578 g/mol. The van der Waals surface area contributed by atoms with Crippen LogP contribution in [0.5, 0.6) is 0 Å². The number of benzene rings is 2. The number of unbranched alkanes of at least 4 members (excludes halogenated alkanes) is 1. The molecule has 1 unspecified atom stereocenters. The van der Waals surface area contributed by atoms with Gasteiger partial charge in [-0.1, -0.05) is 92.7 Å². The number of ketones is 2. The number of Topliss-reactive ketones (excluding diaryl/α,β-unsaturated/α-hetero) is 2. The van der Waals surface area contributed by atoms with E-state index in [2.05, 4.69) is 19.2 Å². The molecule has 2 atom stereocenters. The van der Waals surface area contributed by atoms with Crippen molar-refractivity contribution < 1.29 is 33.8 Å². The summed E-state index contributed by atoms with van der Waals surface area (Å²) in [4.78, 5) is 62.8. The molecule has 0 spiro atoms. The molecule has 8 nitrogen and oxygen atoms in total. The number of esters is 1. The second-order valence-electron chi connectivity index (χ2n) is 9.67. The number of carboxylic acid groups (broad SMARTS) is 1. The van der Waals surface area contributed by atoms with E-state index in [0.29, 0.717) is 24.3 Å². The highest BCUT2D eigenvalue weighted by Gasteiger charge is 2.30. The summed E-state index contributed by atoms with van der Waals surface area (Å²) in [6.45, 7) is 3.39. The average Bonchev–Trinajstić information content (AvgIpc) is 2.88. The molecule has 10 heteroatoms. The van der Waals surface area contributed by atoms with Gasteiger partial charge in [0.25, 0.3) is 0 Å². The number of carbonyl (C=O) groups is 5. The Bertz CT molecular complexity index is 1150. The maximum atomic E-state index is 13.2. The van der Waals surface area contributed by atoms with E-state index in [-0.39, 0.29) is 27.8 Å². The number of hydrogen-bond acceptors (Lipinski definition) is 6. The minimum Gasteiger partial charge on any atom is -0.481 e. The molecule has 2 N–H and O–H groups in total. The Morgan fingerprint density at radius 3 is 2.08 bits per heavy atom. The molecule has 1 amide bonds. The fourth-order valence-electron chi connectivity index (χ4n) is 3.95. The van der Waals surface area contributed by atoms with Crippen LogP contribution >= 0.6 is 23.2 Å². The van der Waals surface area contributed by atoms with Gasteiger partial charge < -0.3 is 15.2 Å². The fourth-order valence-corrected chi connectivity index (χ4v) is 4.50. The lowest BCUT2D eigenvalue weighted by atomic mass is 9.91. The zero-order valence-electron chi connectivity index (χ0n) is 22.0. The second kappa shape index (κ2) is 16.0. The second-order valence-corrected chi connectivity index (χ2v) is 10.5. The lowest BCUT2D eigenvalue weighted by molar-refractivity contribution is -0.141. The zero-order chi connectivity index (χ0) is 28.9. The van der Waals surface area contributed by atoms with Crippen molar-refractivity contribution in [1.82, 2.24) is 5.32 Å². The van der Waals surface area contributed by atoms with Crippen molar-refractivity contribution in [1.29, 1.82) is 0 Å². The first-order valence-corrected chi connectivity index (χ1v) is 13.5. The van der Waals surface area contributed by atoms with Crippen LogP contribution in [0.4, 0.5) is 0 Å². The number of halogens is 2. The van der Waals surface area contributed by atoms with Crippen molar-refractivity contribution in [3.8, 4) is 0 Å². The molecule has 0 aliphatic heterocycles. The first kappa shape index (κ1) is 32.0. The highest BCUT2D eigenvalue weighted by Crippen LogP contribution is 2.25. The molecule has 0 radical (unpaired) electrons. The number of ether oxygens (including phenoxy) is 1. The van der Waals surface area contributed by atoms with E-state index in [0.717, 1.165) is 12.8 Å². The normalized spacial score (nSPS) is 12.4. The first-order valence-electron chi connectivity index (χ1n) is 12.7. The molecular weight excluding hydrogens is 545 g/mol. The van der Waals surface area contributed by atoms with Crippen LogP contribution in [-0.4, -0.2) is 47.2 Å². The zero-order valence-corrected chi connectivity index (χ0v) is 23.5. The van der Waals surface area contributed by atoms with Crippen molar-refractivity contribution >= 4 is 52.6 Å². The molecule has 2 aromatic rings. The lowest BCUT2D eigenvalue weighted by Gasteiger charge is -2.21. The van der Waals surface area contributed by atoms with Crippen molar-refractivity contribution in [3.05, 3.63) is 69.7 Å². The van der Waals surface area contributed by atoms with Gasteiger partial charge in [-0.3, -0.25) is 19.2 Å². The van der Waals surface area contributed by atoms with E-state index >= 15 is 0 Å². The summed E-state index contributed by atoms with van der Waals surface area (Å²) >= 11 is 12.0. The van der Waals surface area contributed by atoms with Crippen molar-refractivity contribution in [2.75, 3.05) is 6.61 Å². The summed E-state index contributed by atoms with van der Waals surface area (Å²) in [6.07, 6.45) is 2.09. The third-order valence-electron chi connectivity index (χ3n) is 6.08. The molecule has 210 valence electrons. The van der Waals surface area contributed by atoms with Crippen molar-refractivity contribution in [2.45, 2.75) is 58.4 Å². The minimum absolute atomic E-state index is 0.0266. The summed E-state index contributed by atoms with van der Waals surface area (Å²) in [7, 11) is 0. The predicted molar refractivity (Wildman–Crippen MR) is 148 cm³/mol. The number of nitrogens with one attached hydrogen (secondary N) is 1.